The zero-order valence-corrected chi connectivity index (χ0v) is 10.1. The van der Waals surface area contributed by atoms with Gasteiger partial charge in [-0.1, -0.05) is 18.5 Å². The molecule has 1 aromatic rings. The minimum atomic E-state index is -0.935. The molecule has 1 heterocycles. The summed E-state index contributed by atoms with van der Waals surface area (Å²) in [5, 5.41) is 21.4. The zero-order valence-electron chi connectivity index (χ0n) is 9.35. The third-order valence-electron chi connectivity index (χ3n) is 2.62. The number of anilines is 1. The van der Waals surface area contributed by atoms with E-state index in [1.807, 2.05) is 0 Å². The molecule has 0 amide bonds. The summed E-state index contributed by atoms with van der Waals surface area (Å²) in [4.78, 5) is 18.4. The molecule has 1 aromatic heterocycles. The van der Waals surface area contributed by atoms with Crippen molar-refractivity contribution < 1.29 is 15.0 Å². The lowest BCUT2D eigenvalue weighted by atomic mass is 9.98. The molecule has 0 radical (unpaired) electrons. The summed E-state index contributed by atoms with van der Waals surface area (Å²) >= 11 is 5.74. The molecule has 0 aliphatic carbocycles. The highest BCUT2D eigenvalue weighted by atomic mass is 35.5. The van der Waals surface area contributed by atoms with Crippen LogP contribution in [0.5, 0.6) is 0 Å². The molecular formula is C10H14ClN3O3. The van der Waals surface area contributed by atoms with Crippen molar-refractivity contribution in [3.8, 4) is 0 Å². The van der Waals surface area contributed by atoms with Crippen LogP contribution in [0.1, 0.15) is 23.7 Å². The van der Waals surface area contributed by atoms with Gasteiger partial charge in [-0.2, -0.15) is 0 Å². The highest BCUT2D eigenvalue weighted by molar-refractivity contribution is 6.32. The summed E-state index contributed by atoms with van der Waals surface area (Å²) in [6, 6.07) is 0. The minimum absolute atomic E-state index is 0.0263. The van der Waals surface area contributed by atoms with Gasteiger partial charge in [0.05, 0.1) is 24.3 Å². The molecule has 94 valence electrons. The number of aliphatic hydroxyl groups excluding tert-OH is 2. The molecule has 3 N–H and O–H groups in total. The standard InChI is InChI=1S/C10H14ClN3O3/c1-2-10(4-16,5-17)14-9-7(3-15)8(11)12-6-13-9/h3,6,16-17H,2,4-5H2,1H3,(H,12,13,14). The molecule has 17 heavy (non-hydrogen) atoms. The molecule has 0 spiro atoms. The molecule has 0 fully saturated rings. The number of nitrogens with zero attached hydrogens (tertiary/aromatic N) is 2. The number of rotatable bonds is 6. The van der Waals surface area contributed by atoms with Gasteiger partial charge in [-0.05, 0) is 6.42 Å². The lowest BCUT2D eigenvalue weighted by Gasteiger charge is -2.30. The van der Waals surface area contributed by atoms with Crippen LogP contribution >= 0.6 is 11.6 Å². The van der Waals surface area contributed by atoms with E-state index in [4.69, 9.17) is 11.6 Å². The minimum Gasteiger partial charge on any atom is -0.394 e. The fourth-order valence-corrected chi connectivity index (χ4v) is 1.45. The van der Waals surface area contributed by atoms with Gasteiger partial charge in [0.2, 0.25) is 0 Å². The molecule has 1 rings (SSSR count). The highest BCUT2D eigenvalue weighted by Gasteiger charge is 2.28. The van der Waals surface area contributed by atoms with Crippen molar-refractivity contribution >= 4 is 23.7 Å². The quantitative estimate of drug-likeness (QED) is 0.508. The van der Waals surface area contributed by atoms with Gasteiger partial charge < -0.3 is 15.5 Å². The summed E-state index contributed by atoms with van der Waals surface area (Å²) in [7, 11) is 0. The number of aromatic nitrogens is 2. The average molecular weight is 260 g/mol. The smallest absolute Gasteiger partial charge is 0.156 e. The van der Waals surface area contributed by atoms with Gasteiger partial charge >= 0.3 is 0 Å². The lowest BCUT2D eigenvalue weighted by Crippen LogP contribution is -2.45. The average Bonchev–Trinajstić information content (AvgIpc) is 2.36. The molecule has 0 bridgehead atoms. The molecule has 7 heteroatoms. The van der Waals surface area contributed by atoms with Crippen molar-refractivity contribution in [2.75, 3.05) is 18.5 Å². The lowest BCUT2D eigenvalue weighted by molar-refractivity contribution is 0.112. The second kappa shape index (κ2) is 5.90. The van der Waals surface area contributed by atoms with E-state index >= 15 is 0 Å². The Hall–Kier alpha value is -1.24. The van der Waals surface area contributed by atoms with E-state index in [1.54, 1.807) is 6.92 Å². The predicted molar refractivity (Wildman–Crippen MR) is 63.2 cm³/mol. The Balaban J connectivity index is 3.09. The third kappa shape index (κ3) is 2.91. The van der Waals surface area contributed by atoms with Crippen LogP contribution in [0.15, 0.2) is 6.33 Å². The first kappa shape index (κ1) is 13.8. The normalized spacial score (nSPS) is 11.3. The van der Waals surface area contributed by atoms with Crippen LogP contribution in [0.2, 0.25) is 5.15 Å². The Kier molecular flexibility index (Phi) is 4.80. The molecule has 0 unspecified atom stereocenters. The number of carbonyl (C=O) groups is 1. The maximum absolute atomic E-state index is 10.9. The Labute approximate surface area is 104 Å². The van der Waals surface area contributed by atoms with Crippen molar-refractivity contribution in [1.82, 2.24) is 9.97 Å². The number of halogens is 1. The van der Waals surface area contributed by atoms with Gasteiger partial charge in [-0.25, -0.2) is 9.97 Å². The summed E-state index contributed by atoms with van der Waals surface area (Å²) < 4.78 is 0. The first-order valence-corrected chi connectivity index (χ1v) is 5.46. The van der Waals surface area contributed by atoms with Crippen LogP contribution in [0.25, 0.3) is 0 Å². The largest absolute Gasteiger partial charge is 0.394 e. The zero-order chi connectivity index (χ0) is 12.9. The van der Waals surface area contributed by atoms with Gasteiger partial charge in [0, 0.05) is 0 Å². The maximum Gasteiger partial charge on any atom is 0.156 e. The van der Waals surface area contributed by atoms with E-state index in [2.05, 4.69) is 15.3 Å². The second-order valence-electron chi connectivity index (χ2n) is 3.62. The van der Waals surface area contributed by atoms with E-state index in [1.165, 1.54) is 6.33 Å². The summed E-state index contributed by atoms with van der Waals surface area (Å²) in [5.74, 6) is 0.199. The number of hydrogen-bond acceptors (Lipinski definition) is 6. The van der Waals surface area contributed by atoms with Crippen molar-refractivity contribution in [2.45, 2.75) is 18.9 Å². The fraction of sp³-hybridized carbons (Fsp3) is 0.500. The van der Waals surface area contributed by atoms with Gasteiger partial charge in [-0.15, -0.1) is 0 Å². The van der Waals surface area contributed by atoms with E-state index in [9.17, 15) is 15.0 Å². The third-order valence-corrected chi connectivity index (χ3v) is 2.92. The molecule has 6 nitrogen and oxygen atoms in total. The van der Waals surface area contributed by atoms with Crippen molar-refractivity contribution in [3.63, 3.8) is 0 Å². The molecule has 0 saturated carbocycles. The van der Waals surface area contributed by atoms with Crippen LogP contribution in [0.3, 0.4) is 0 Å². The van der Waals surface area contributed by atoms with Gasteiger partial charge in [0.1, 0.15) is 17.3 Å². The highest BCUT2D eigenvalue weighted by Crippen LogP contribution is 2.22. The maximum atomic E-state index is 10.9. The van der Waals surface area contributed by atoms with E-state index in [0.29, 0.717) is 12.7 Å². The van der Waals surface area contributed by atoms with Crippen LogP contribution in [-0.4, -0.2) is 45.2 Å². The first-order chi connectivity index (χ1) is 8.12. The SMILES string of the molecule is CCC(CO)(CO)Nc1ncnc(Cl)c1C=O. The Morgan fingerprint density at radius 3 is 2.59 bits per heavy atom. The van der Waals surface area contributed by atoms with Crippen LogP contribution < -0.4 is 5.32 Å². The van der Waals surface area contributed by atoms with Gasteiger partial charge in [0.15, 0.2) is 6.29 Å². The number of nitrogens with one attached hydrogen (secondary N) is 1. The van der Waals surface area contributed by atoms with E-state index in [-0.39, 0.29) is 29.7 Å². The molecule has 0 aliphatic heterocycles. The summed E-state index contributed by atoms with van der Waals surface area (Å²) in [5.41, 5.74) is -0.830. The number of aldehydes is 1. The molecule has 0 aromatic carbocycles. The topological polar surface area (TPSA) is 95.3 Å². The second-order valence-corrected chi connectivity index (χ2v) is 3.98. The monoisotopic (exact) mass is 259 g/mol. The van der Waals surface area contributed by atoms with Gasteiger partial charge in [0.25, 0.3) is 0 Å². The van der Waals surface area contributed by atoms with Crippen molar-refractivity contribution in [1.29, 1.82) is 0 Å². The summed E-state index contributed by atoms with van der Waals surface area (Å²) in [6.45, 7) is 1.21. The number of aliphatic hydroxyl groups is 2. The Bertz CT molecular complexity index is 388. The van der Waals surface area contributed by atoms with E-state index in [0.717, 1.165) is 0 Å². The molecule has 0 atom stereocenters. The van der Waals surface area contributed by atoms with E-state index < -0.39 is 5.54 Å². The van der Waals surface area contributed by atoms with Crippen LogP contribution in [-0.2, 0) is 0 Å². The molecular weight excluding hydrogens is 246 g/mol. The molecule has 0 aliphatic rings. The number of hydrogen-bond donors (Lipinski definition) is 3. The van der Waals surface area contributed by atoms with Crippen LogP contribution in [0.4, 0.5) is 5.82 Å². The van der Waals surface area contributed by atoms with Gasteiger partial charge in [-0.3, -0.25) is 4.79 Å². The van der Waals surface area contributed by atoms with Crippen LogP contribution in [0, 0.1) is 0 Å². The fourth-order valence-electron chi connectivity index (χ4n) is 1.27. The van der Waals surface area contributed by atoms with Crippen molar-refractivity contribution in [2.24, 2.45) is 0 Å². The number of carbonyl (C=O) groups excluding carboxylic acids is 1. The Morgan fingerprint density at radius 1 is 1.47 bits per heavy atom. The predicted octanol–water partition coefficient (Wildman–Crippen LogP) is 0.488. The molecule has 0 saturated heterocycles. The first-order valence-electron chi connectivity index (χ1n) is 5.08. The van der Waals surface area contributed by atoms with Crippen molar-refractivity contribution in [3.05, 3.63) is 17.0 Å². The summed E-state index contributed by atoms with van der Waals surface area (Å²) in [6.07, 6.45) is 2.19. The Morgan fingerprint density at radius 2 is 2.12 bits per heavy atom.